The molecule has 9 heteroatoms. The second kappa shape index (κ2) is 9.88. The number of hydrogen-bond acceptors (Lipinski definition) is 7. The fraction of sp³-hybridized carbons (Fsp3) is 0.391. The van der Waals surface area contributed by atoms with E-state index in [1.807, 2.05) is 23.1 Å². The normalized spacial score (nSPS) is 21.2. The Labute approximate surface area is 186 Å². The average molecular weight is 438 g/mol. The van der Waals surface area contributed by atoms with Crippen molar-refractivity contribution in [1.82, 2.24) is 20.7 Å². The Balaban J connectivity index is 1.25. The highest BCUT2D eigenvalue weighted by Crippen LogP contribution is 2.24. The minimum absolute atomic E-state index is 0.000891. The number of likely N-dealkylation sites (tertiary alicyclic amines) is 1. The molecular formula is C23H27N5O4. The lowest BCUT2D eigenvalue weighted by Crippen LogP contribution is -2.49. The van der Waals surface area contributed by atoms with E-state index >= 15 is 0 Å². The van der Waals surface area contributed by atoms with Crippen LogP contribution >= 0.6 is 0 Å². The Bertz CT molecular complexity index is 958. The molecule has 2 atom stereocenters. The smallest absolute Gasteiger partial charge is 0.337 e. The zero-order valence-corrected chi connectivity index (χ0v) is 17.9. The Kier molecular flexibility index (Phi) is 6.77. The summed E-state index contributed by atoms with van der Waals surface area (Å²) in [6.45, 7) is 1.09. The summed E-state index contributed by atoms with van der Waals surface area (Å²) in [5.74, 6) is -0.597. The summed E-state index contributed by atoms with van der Waals surface area (Å²) in [5, 5.41) is 2.90. The summed E-state index contributed by atoms with van der Waals surface area (Å²) < 4.78 is 4.68. The number of anilines is 1. The van der Waals surface area contributed by atoms with Gasteiger partial charge in [0.15, 0.2) is 0 Å². The lowest BCUT2D eigenvalue weighted by Gasteiger charge is -2.32. The van der Waals surface area contributed by atoms with Crippen molar-refractivity contribution in [1.29, 1.82) is 0 Å². The monoisotopic (exact) mass is 437 g/mol. The van der Waals surface area contributed by atoms with Gasteiger partial charge in [-0.2, -0.15) is 0 Å². The van der Waals surface area contributed by atoms with Crippen molar-refractivity contribution in [3.63, 3.8) is 0 Å². The molecule has 3 N–H and O–H groups in total. The van der Waals surface area contributed by atoms with Crippen molar-refractivity contribution < 1.29 is 19.1 Å². The third-order valence-corrected chi connectivity index (χ3v) is 6.00. The van der Waals surface area contributed by atoms with Crippen LogP contribution in [0.5, 0.6) is 0 Å². The maximum absolute atomic E-state index is 12.9. The first-order valence-electron chi connectivity index (χ1n) is 10.7. The first kappa shape index (κ1) is 21.9. The van der Waals surface area contributed by atoms with Gasteiger partial charge in [-0.15, -0.1) is 0 Å². The molecule has 0 saturated carbocycles. The summed E-state index contributed by atoms with van der Waals surface area (Å²) in [5.41, 5.74) is 8.21. The van der Waals surface area contributed by atoms with Crippen LogP contribution < -0.4 is 16.2 Å². The van der Waals surface area contributed by atoms with Crippen molar-refractivity contribution >= 4 is 23.5 Å². The van der Waals surface area contributed by atoms with Gasteiger partial charge >= 0.3 is 5.97 Å². The number of carbonyl (C=O) groups is 3. The van der Waals surface area contributed by atoms with Gasteiger partial charge in [0, 0.05) is 30.9 Å². The van der Waals surface area contributed by atoms with E-state index in [0.29, 0.717) is 43.6 Å². The summed E-state index contributed by atoms with van der Waals surface area (Å²) in [6, 6.07) is 12.0. The van der Waals surface area contributed by atoms with Crippen LogP contribution in [0.3, 0.4) is 0 Å². The van der Waals surface area contributed by atoms with Gasteiger partial charge < -0.3 is 15.0 Å². The van der Waals surface area contributed by atoms with Crippen molar-refractivity contribution in [2.45, 2.75) is 31.3 Å². The van der Waals surface area contributed by atoms with Gasteiger partial charge in [-0.05, 0) is 55.7 Å². The fourth-order valence-electron chi connectivity index (χ4n) is 4.13. The molecule has 0 spiro atoms. The van der Waals surface area contributed by atoms with Gasteiger partial charge in [0.25, 0.3) is 0 Å². The number of ether oxygens (including phenoxy) is 1. The third-order valence-electron chi connectivity index (χ3n) is 6.00. The fourth-order valence-corrected chi connectivity index (χ4v) is 4.13. The van der Waals surface area contributed by atoms with E-state index in [0.717, 1.165) is 5.69 Å². The highest BCUT2D eigenvalue weighted by Gasteiger charge is 2.35. The molecule has 2 aromatic rings. The lowest BCUT2D eigenvalue weighted by atomic mass is 9.95. The van der Waals surface area contributed by atoms with Gasteiger partial charge in [0.2, 0.25) is 11.8 Å². The molecule has 3 heterocycles. The van der Waals surface area contributed by atoms with Crippen LogP contribution in [0.2, 0.25) is 0 Å². The van der Waals surface area contributed by atoms with Crippen molar-refractivity contribution in [3.05, 3.63) is 59.9 Å². The number of hydrazine groups is 1. The summed E-state index contributed by atoms with van der Waals surface area (Å²) in [7, 11) is 1.33. The van der Waals surface area contributed by atoms with Crippen LogP contribution in [-0.4, -0.2) is 53.9 Å². The molecule has 2 saturated heterocycles. The molecule has 0 bridgehead atoms. The van der Waals surface area contributed by atoms with E-state index in [1.54, 1.807) is 30.5 Å². The number of nitrogens with one attached hydrogen (secondary N) is 3. The Hall–Kier alpha value is -3.30. The molecule has 2 aliphatic heterocycles. The minimum Gasteiger partial charge on any atom is -0.465 e. The van der Waals surface area contributed by atoms with Crippen LogP contribution in [0, 0.1) is 5.92 Å². The predicted molar refractivity (Wildman–Crippen MR) is 117 cm³/mol. The number of carbonyl (C=O) groups excluding carboxylic acids is 3. The zero-order valence-electron chi connectivity index (χ0n) is 17.9. The first-order valence-corrected chi connectivity index (χ1v) is 10.7. The highest BCUT2D eigenvalue weighted by atomic mass is 16.5. The number of benzene rings is 1. The van der Waals surface area contributed by atoms with E-state index in [-0.39, 0.29) is 29.8 Å². The minimum atomic E-state index is -0.418. The highest BCUT2D eigenvalue weighted by molar-refractivity contribution is 5.94. The molecule has 0 aliphatic carbocycles. The topological polar surface area (TPSA) is 113 Å². The predicted octanol–water partition coefficient (Wildman–Crippen LogP) is 1.65. The number of amides is 2. The second-order valence-electron chi connectivity index (χ2n) is 8.04. The average Bonchev–Trinajstić information content (AvgIpc) is 3.34. The van der Waals surface area contributed by atoms with E-state index in [2.05, 4.69) is 25.9 Å². The molecule has 1 aromatic heterocycles. The van der Waals surface area contributed by atoms with Crippen LogP contribution in [0.1, 0.15) is 41.4 Å². The largest absolute Gasteiger partial charge is 0.465 e. The van der Waals surface area contributed by atoms with Crippen LogP contribution in [0.25, 0.3) is 0 Å². The van der Waals surface area contributed by atoms with Crippen molar-refractivity contribution in [2.24, 2.45) is 5.92 Å². The molecule has 9 nitrogen and oxygen atoms in total. The number of hydrogen-bond donors (Lipinski definition) is 3. The molecule has 0 radical (unpaired) electrons. The van der Waals surface area contributed by atoms with Gasteiger partial charge in [-0.3, -0.25) is 14.6 Å². The molecule has 2 aliphatic rings. The molecule has 2 fully saturated rings. The maximum Gasteiger partial charge on any atom is 0.337 e. The third kappa shape index (κ3) is 4.95. The molecule has 168 valence electrons. The van der Waals surface area contributed by atoms with Gasteiger partial charge in [0.1, 0.15) is 6.04 Å². The summed E-state index contributed by atoms with van der Waals surface area (Å²) >= 11 is 0. The molecule has 2 unspecified atom stereocenters. The van der Waals surface area contributed by atoms with Crippen LogP contribution in [-0.2, 0) is 14.3 Å². The molecule has 32 heavy (non-hydrogen) atoms. The summed E-state index contributed by atoms with van der Waals surface area (Å²) in [6.07, 6.45) is 3.61. The van der Waals surface area contributed by atoms with E-state index in [4.69, 9.17) is 0 Å². The Morgan fingerprint density at radius 3 is 2.47 bits per heavy atom. The van der Waals surface area contributed by atoms with Crippen molar-refractivity contribution in [2.75, 3.05) is 25.5 Å². The number of methoxy groups -OCH3 is 1. The number of nitrogens with zero attached hydrogens (tertiary/aromatic N) is 2. The first-order chi connectivity index (χ1) is 15.5. The van der Waals surface area contributed by atoms with Gasteiger partial charge in [-0.25, -0.2) is 15.6 Å². The van der Waals surface area contributed by atoms with Gasteiger partial charge in [0.05, 0.1) is 24.4 Å². The molecule has 4 rings (SSSR count). The molecule has 2 amide bonds. The number of pyridine rings is 1. The molecular weight excluding hydrogens is 410 g/mol. The van der Waals surface area contributed by atoms with E-state index in [1.165, 1.54) is 7.11 Å². The van der Waals surface area contributed by atoms with Gasteiger partial charge in [-0.1, -0.05) is 6.07 Å². The standard InChI is InChI=1S/C23H27N5O4/c1-32-23(31)16-5-7-17(8-6-16)25-21(29)15-9-12-28(13-10-15)22(30)20-14-19(26-27-20)18-4-2-3-11-24-18/h2-8,11,15,19-20,26-27H,9-10,12-14H2,1H3,(H,25,29). The second-order valence-corrected chi connectivity index (χ2v) is 8.04. The summed E-state index contributed by atoms with van der Waals surface area (Å²) in [4.78, 5) is 43.3. The number of rotatable bonds is 5. The number of piperidine rings is 1. The van der Waals surface area contributed by atoms with Crippen molar-refractivity contribution in [3.8, 4) is 0 Å². The number of esters is 1. The molecule has 1 aromatic carbocycles. The number of aromatic nitrogens is 1. The SMILES string of the molecule is COC(=O)c1ccc(NC(=O)C2CCN(C(=O)C3CC(c4ccccn4)NN3)CC2)cc1. The zero-order chi connectivity index (χ0) is 22.5. The van der Waals surface area contributed by atoms with E-state index < -0.39 is 5.97 Å². The quantitative estimate of drug-likeness (QED) is 0.610. The lowest BCUT2D eigenvalue weighted by molar-refractivity contribution is -0.136. The van der Waals surface area contributed by atoms with E-state index in [9.17, 15) is 14.4 Å². The maximum atomic E-state index is 12.9. The Morgan fingerprint density at radius 1 is 1.06 bits per heavy atom. The van der Waals surface area contributed by atoms with Crippen LogP contribution in [0.4, 0.5) is 5.69 Å². The Morgan fingerprint density at radius 2 is 1.81 bits per heavy atom. The van der Waals surface area contributed by atoms with Crippen LogP contribution in [0.15, 0.2) is 48.7 Å².